The molecule has 86 valence electrons. The highest BCUT2D eigenvalue weighted by Crippen LogP contribution is 2.18. The zero-order valence-electron chi connectivity index (χ0n) is 8.38. The lowest BCUT2D eigenvalue weighted by Crippen LogP contribution is -2.21. The van der Waals surface area contributed by atoms with Crippen LogP contribution in [0.1, 0.15) is 17.7 Å². The molecule has 0 saturated carbocycles. The number of nitriles is 1. The molecule has 0 bridgehead atoms. The molecule has 16 heavy (non-hydrogen) atoms. The van der Waals surface area contributed by atoms with Crippen LogP contribution in [0.25, 0.3) is 0 Å². The minimum atomic E-state index is -4.14. The molecule has 0 aliphatic carbocycles. The van der Waals surface area contributed by atoms with Gasteiger partial charge in [-0.1, -0.05) is 0 Å². The Hall–Kier alpha value is -1.61. The molecule has 0 aliphatic rings. The maximum Gasteiger partial charge on any atom is 0.390 e. The smallest absolute Gasteiger partial charge is 0.312 e. The van der Waals surface area contributed by atoms with Gasteiger partial charge in [-0.25, -0.2) is 4.98 Å². The van der Waals surface area contributed by atoms with E-state index < -0.39 is 12.6 Å². The van der Waals surface area contributed by atoms with E-state index in [1.807, 2.05) is 6.07 Å². The first-order valence-corrected chi connectivity index (χ1v) is 4.64. The highest BCUT2D eigenvalue weighted by atomic mass is 19.4. The highest BCUT2D eigenvalue weighted by Gasteiger charge is 2.25. The number of rotatable bonds is 4. The Bertz CT molecular complexity index is 382. The third kappa shape index (κ3) is 4.75. The van der Waals surface area contributed by atoms with E-state index in [0.29, 0.717) is 6.54 Å². The molecule has 0 amide bonds. The molecule has 0 aliphatic heterocycles. The Kier molecular flexibility index (Phi) is 4.26. The lowest BCUT2D eigenvalue weighted by atomic mass is 10.2. The minimum Gasteiger partial charge on any atom is -0.312 e. The number of hydrogen-bond donors (Lipinski definition) is 1. The normalized spacial score (nSPS) is 11.1. The fourth-order valence-corrected chi connectivity index (χ4v) is 1.11. The number of alkyl halides is 3. The van der Waals surface area contributed by atoms with Gasteiger partial charge in [-0.05, 0) is 17.7 Å². The molecule has 0 aromatic carbocycles. The summed E-state index contributed by atoms with van der Waals surface area (Å²) in [6, 6.07) is 5.06. The second kappa shape index (κ2) is 5.47. The molecule has 0 spiro atoms. The van der Waals surface area contributed by atoms with Crippen molar-refractivity contribution in [3.05, 3.63) is 29.6 Å². The molecule has 0 radical (unpaired) electrons. The lowest BCUT2D eigenvalue weighted by Gasteiger charge is -2.07. The zero-order chi connectivity index (χ0) is 12.0. The van der Waals surface area contributed by atoms with Crippen LogP contribution < -0.4 is 5.32 Å². The van der Waals surface area contributed by atoms with Crippen molar-refractivity contribution in [1.29, 1.82) is 5.26 Å². The van der Waals surface area contributed by atoms with Crippen LogP contribution in [0.4, 0.5) is 13.2 Å². The van der Waals surface area contributed by atoms with Crippen molar-refractivity contribution in [3.8, 4) is 6.07 Å². The third-order valence-corrected chi connectivity index (χ3v) is 1.85. The standard InChI is InChI=1S/C10H10F3N3/c11-10(12,13)2-4-15-7-8-1-3-16-9(5-8)6-14/h1,3,5,15H,2,4,7H2. The van der Waals surface area contributed by atoms with Gasteiger partial charge < -0.3 is 5.32 Å². The Balaban J connectivity index is 2.35. The molecule has 1 heterocycles. The first-order valence-electron chi connectivity index (χ1n) is 4.64. The van der Waals surface area contributed by atoms with Gasteiger partial charge in [0.2, 0.25) is 0 Å². The molecule has 1 aromatic rings. The minimum absolute atomic E-state index is 0.131. The van der Waals surface area contributed by atoms with E-state index in [1.54, 1.807) is 12.1 Å². The molecule has 0 unspecified atom stereocenters. The highest BCUT2D eigenvalue weighted by molar-refractivity contribution is 5.25. The zero-order valence-corrected chi connectivity index (χ0v) is 8.38. The van der Waals surface area contributed by atoms with Crippen molar-refractivity contribution < 1.29 is 13.2 Å². The third-order valence-electron chi connectivity index (χ3n) is 1.85. The van der Waals surface area contributed by atoms with Crippen LogP contribution in [0, 0.1) is 11.3 Å². The number of aromatic nitrogens is 1. The quantitative estimate of drug-likeness (QED) is 0.803. The van der Waals surface area contributed by atoms with Gasteiger partial charge in [-0.3, -0.25) is 0 Å². The van der Waals surface area contributed by atoms with Gasteiger partial charge in [0.05, 0.1) is 6.42 Å². The largest absolute Gasteiger partial charge is 0.390 e. The fourth-order valence-electron chi connectivity index (χ4n) is 1.11. The first-order chi connectivity index (χ1) is 7.51. The van der Waals surface area contributed by atoms with E-state index in [-0.39, 0.29) is 12.2 Å². The van der Waals surface area contributed by atoms with Gasteiger partial charge in [0, 0.05) is 19.3 Å². The summed E-state index contributed by atoms with van der Waals surface area (Å²) in [5.41, 5.74) is 1.00. The van der Waals surface area contributed by atoms with Gasteiger partial charge in [0.15, 0.2) is 0 Å². The van der Waals surface area contributed by atoms with Crippen LogP contribution in [-0.4, -0.2) is 17.7 Å². The van der Waals surface area contributed by atoms with Crippen molar-refractivity contribution in [1.82, 2.24) is 10.3 Å². The predicted octanol–water partition coefficient (Wildman–Crippen LogP) is 2.00. The molecular formula is C10H10F3N3. The van der Waals surface area contributed by atoms with Gasteiger partial charge in [0.1, 0.15) is 11.8 Å². The Morgan fingerprint density at radius 2 is 2.19 bits per heavy atom. The number of halogens is 3. The van der Waals surface area contributed by atoms with Gasteiger partial charge >= 0.3 is 6.18 Å². The van der Waals surface area contributed by atoms with E-state index in [0.717, 1.165) is 5.56 Å². The first kappa shape index (κ1) is 12.5. The van der Waals surface area contributed by atoms with Crippen molar-refractivity contribution >= 4 is 0 Å². The van der Waals surface area contributed by atoms with Gasteiger partial charge in [-0.15, -0.1) is 0 Å². The van der Waals surface area contributed by atoms with Crippen LogP contribution in [0.3, 0.4) is 0 Å². The van der Waals surface area contributed by atoms with Crippen LogP contribution in [0.2, 0.25) is 0 Å². The molecule has 1 aromatic heterocycles. The maximum absolute atomic E-state index is 11.8. The van der Waals surface area contributed by atoms with Crippen molar-refractivity contribution in [2.24, 2.45) is 0 Å². The average Bonchev–Trinajstić information content (AvgIpc) is 2.23. The van der Waals surface area contributed by atoms with E-state index in [1.165, 1.54) is 6.20 Å². The summed E-state index contributed by atoms with van der Waals surface area (Å²) < 4.78 is 35.4. The second-order valence-corrected chi connectivity index (χ2v) is 3.20. The van der Waals surface area contributed by atoms with Gasteiger partial charge in [0.25, 0.3) is 0 Å². The number of hydrogen-bond acceptors (Lipinski definition) is 3. The molecule has 0 fully saturated rings. The Morgan fingerprint density at radius 3 is 2.81 bits per heavy atom. The van der Waals surface area contributed by atoms with Crippen LogP contribution in [0.15, 0.2) is 18.3 Å². The van der Waals surface area contributed by atoms with E-state index >= 15 is 0 Å². The van der Waals surface area contributed by atoms with E-state index in [2.05, 4.69) is 10.3 Å². The molecule has 0 saturated heterocycles. The van der Waals surface area contributed by atoms with Crippen molar-refractivity contribution in [3.63, 3.8) is 0 Å². The van der Waals surface area contributed by atoms with Crippen molar-refractivity contribution in [2.45, 2.75) is 19.1 Å². The van der Waals surface area contributed by atoms with E-state index in [9.17, 15) is 13.2 Å². The summed E-state index contributed by atoms with van der Waals surface area (Å²) in [5, 5.41) is 11.2. The fraction of sp³-hybridized carbons (Fsp3) is 0.400. The van der Waals surface area contributed by atoms with Crippen LogP contribution in [0.5, 0.6) is 0 Å². The summed E-state index contributed by atoms with van der Waals surface area (Å²) in [5.74, 6) is 0. The van der Waals surface area contributed by atoms with Crippen LogP contribution >= 0.6 is 0 Å². The maximum atomic E-state index is 11.8. The summed E-state index contributed by atoms with van der Waals surface area (Å²) >= 11 is 0. The molecule has 6 heteroatoms. The average molecular weight is 229 g/mol. The topological polar surface area (TPSA) is 48.7 Å². The lowest BCUT2D eigenvalue weighted by molar-refractivity contribution is -0.133. The second-order valence-electron chi connectivity index (χ2n) is 3.20. The molecule has 0 atom stereocenters. The van der Waals surface area contributed by atoms with Crippen molar-refractivity contribution in [2.75, 3.05) is 6.54 Å². The molecule has 3 nitrogen and oxygen atoms in total. The Morgan fingerprint density at radius 1 is 1.44 bits per heavy atom. The van der Waals surface area contributed by atoms with E-state index in [4.69, 9.17) is 5.26 Å². The van der Waals surface area contributed by atoms with Crippen LogP contribution in [-0.2, 0) is 6.54 Å². The molecule has 1 rings (SSSR count). The summed E-state index contributed by atoms with van der Waals surface area (Å²) in [6.45, 7) is 0.168. The number of pyridine rings is 1. The number of nitrogens with one attached hydrogen (secondary N) is 1. The summed E-state index contributed by atoms with van der Waals surface area (Å²) in [7, 11) is 0. The predicted molar refractivity (Wildman–Crippen MR) is 51.3 cm³/mol. The monoisotopic (exact) mass is 229 g/mol. The number of nitrogens with zero attached hydrogens (tertiary/aromatic N) is 2. The Labute approximate surface area is 90.9 Å². The molecule has 1 N–H and O–H groups in total. The summed E-state index contributed by atoms with van der Waals surface area (Å²) in [6.07, 6.45) is -3.54. The molecular weight excluding hydrogens is 219 g/mol. The summed E-state index contributed by atoms with van der Waals surface area (Å²) in [4.78, 5) is 3.76. The van der Waals surface area contributed by atoms with Gasteiger partial charge in [-0.2, -0.15) is 18.4 Å². The SMILES string of the molecule is N#Cc1cc(CNCCC(F)(F)F)ccn1.